The number of fused-ring (bicyclic) bond motifs is 1. The third kappa shape index (κ3) is 4.78. The molecule has 3 aromatic rings. The number of carbonyl (C=O) groups excluding carboxylic acids is 3. The minimum Gasteiger partial charge on any atom is -0.482 e. The molecule has 2 atom stereocenters. The van der Waals surface area contributed by atoms with Gasteiger partial charge < -0.3 is 19.5 Å². The van der Waals surface area contributed by atoms with Gasteiger partial charge in [-0.25, -0.2) is 4.79 Å². The molecule has 0 aromatic heterocycles. The number of esters is 1. The minimum absolute atomic E-state index is 0.246. The number of hydrogen-bond acceptors (Lipinski definition) is 6. The molecule has 0 saturated carbocycles. The van der Waals surface area contributed by atoms with Gasteiger partial charge in [0.05, 0.1) is 0 Å². The van der Waals surface area contributed by atoms with Gasteiger partial charge in [-0.3, -0.25) is 9.59 Å². The fourth-order valence-electron chi connectivity index (χ4n) is 3.21. The predicted octanol–water partition coefficient (Wildman–Crippen LogP) is 3.89. The SMILES string of the molecule is CC1Oc2ccccc2OC1C(=O)OCC(=O)c1ccc(NC(=O)c2ccccc2)cc1. The molecular formula is C25H21NO6. The number of carbonyl (C=O) groups is 3. The van der Waals surface area contributed by atoms with Crippen LogP contribution in [0.15, 0.2) is 78.9 Å². The zero-order chi connectivity index (χ0) is 22.5. The van der Waals surface area contributed by atoms with Gasteiger partial charge in [0, 0.05) is 16.8 Å². The molecule has 4 rings (SSSR count). The zero-order valence-corrected chi connectivity index (χ0v) is 17.3. The molecule has 162 valence electrons. The number of anilines is 1. The molecule has 7 nitrogen and oxygen atoms in total. The Hall–Kier alpha value is -4.13. The third-order valence-electron chi connectivity index (χ3n) is 4.92. The molecule has 1 aliphatic rings. The van der Waals surface area contributed by atoms with Crippen LogP contribution in [-0.4, -0.2) is 36.5 Å². The van der Waals surface area contributed by atoms with Crippen LogP contribution < -0.4 is 14.8 Å². The number of nitrogens with one attached hydrogen (secondary N) is 1. The summed E-state index contributed by atoms with van der Waals surface area (Å²) in [6.45, 7) is 1.27. The average Bonchev–Trinajstić information content (AvgIpc) is 2.83. The Kier molecular flexibility index (Phi) is 6.17. The highest BCUT2D eigenvalue weighted by molar-refractivity contribution is 6.04. The fraction of sp³-hybridized carbons (Fsp3) is 0.160. The van der Waals surface area contributed by atoms with E-state index in [1.165, 1.54) is 0 Å². The lowest BCUT2D eigenvalue weighted by atomic mass is 10.1. The van der Waals surface area contributed by atoms with Crippen LogP contribution in [0.1, 0.15) is 27.6 Å². The Balaban J connectivity index is 1.31. The second-order valence-electron chi connectivity index (χ2n) is 7.24. The smallest absolute Gasteiger partial charge is 0.351 e. The molecule has 0 saturated heterocycles. The molecule has 0 radical (unpaired) electrons. The standard InChI is InChI=1S/C25H21NO6/c1-16-23(32-22-10-6-5-9-21(22)31-16)25(29)30-15-20(27)17-11-13-19(14-12-17)26-24(28)18-7-3-2-4-8-18/h2-14,16,23H,15H2,1H3,(H,26,28). The van der Waals surface area contributed by atoms with Gasteiger partial charge in [-0.1, -0.05) is 30.3 Å². The van der Waals surface area contributed by atoms with Gasteiger partial charge in [-0.2, -0.15) is 0 Å². The first kappa shape index (κ1) is 21.1. The molecule has 7 heteroatoms. The molecule has 0 spiro atoms. The molecule has 1 N–H and O–H groups in total. The van der Waals surface area contributed by atoms with E-state index >= 15 is 0 Å². The maximum absolute atomic E-state index is 12.4. The summed E-state index contributed by atoms with van der Waals surface area (Å²) < 4.78 is 16.5. The molecule has 0 aliphatic carbocycles. The number of benzene rings is 3. The topological polar surface area (TPSA) is 90.9 Å². The van der Waals surface area contributed by atoms with E-state index in [0.717, 1.165) is 0 Å². The summed E-state index contributed by atoms with van der Waals surface area (Å²) in [5.41, 5.74) is 1.44. The summed E-state index contributed by atoms with van der Waals surface area (Å²) in [7, 11) is 0. The van der Waals surface area contributed by atoms with Crippen molar-refractivity contribution in [2.45, 2.75) is 19.1 Å². The van der Waals surface area contributed by atoms with Crippen molar-refractivity contribution in [2.24, 2.45) is 0 Å². The molecule has 3 aromatic carbocycles. The molecule has 1 heterocycles. The van der Waals surface area contributed by atoms with Crippen molar-refractivity contribution in [3.05, 3.63) is 90.0 Å². The number of hydrogen-bond donors (Lipinski definition) is 1. The Morgan fingerprint density at radius 1 is 0.812 bits per heavy atom. The van der Waals surface area contributed by atoms with E-state index < -0.39 is 24.8 Å². The lowest BCUT2D eigenvalue weighted by Crippen LogP contribution is -2.44. The highest BCUT2D eigenvalue weighted by atomic mass is 16.6. The van der Waals surface area contributed by atoms with Crippen LogP contribution >= 0.6 is 0 Å². The van der Waals surface area contributed by atoms with E-state index in [-0.39, 0.29) is 11.7 Å². The summed E-state index contributed by atoms with van der Waals surface area (Å²) in [6.07, 6.45) is -1.52. The molecule has 0 bridgehead atoms. The summed E-state index contributed by atoms with van der Waals surface area (Å²) in [5.74, 6) is -0.285. The normalized spacial score (nSPS) is 16.7. The molecule has 2 unspecified atom stereocenters. The monoisotopic (exact) mass is 431 g/mol. The second-order valence-corrected chi connectivity index (χ2v) is 7.24. The largest absolute Gasteiger partial charge is 0.482 e. The van der Waals surface area contributed by atoms with Crippen molar-refractivity contribution in [3.8, 4) is 11.5 Å². The quantitative estimate of drug-likeness (QED) is 0.470. The number of ether oxygens (including phenoxy) is 3. The van der Waals surface area contributed by atoms with Crippen molar-refractivity contribution < 1.29 is 28.6 Å². The van der Waals surface area contributed by atoms with E-state index in [4.69, 9.17) is 14.2 Å². The first-order valence-corrected chi connectivity index (χ1v) is 10.1. The highest BCUT2D eigenvalue weighted by Crippen LogP contribution is 2.33. The number of Topliss-reactive ketones (excluding diaryl/α,β-unsaturated/α-hetero) is 1. The van der Waals surface area contributed by atoms with Crippen LogP contribution in [0.2, 0.25) is 0 Å². The number of ketones is 1. The van der Waals surface area contributed by atoms with Crippen LogP contribution in [0.25, 0.3) is 0 Å². The molecule has 32 heavy (non-hydrogen) atoms. The van der Waals surface area contributed by atoms with Crippen LogP contribution in [0.4, 0.5) is 5.69 Å². The third-order valence-corrected chi connectivity index (χ3v) is 4.92. The Bertz CT molecular complexity index is 1130. The highest BCUT2D eigenvalue weighted by Gasteiger charge is 2.35. The van der Waals surface area contributed by atoms with Gasteiger partial charge in [0.25, 0.3) is 5.91 Å². The Morgan fingerprint density at radius 2 is 1.44 bits per heavy atom. The molecule has 1 amide bonds. The van der Waals surface area contributed by atoms with Crippen molar-refractivity contribution in [1.82, 2.24) is 0 Å². The van der Waals surface area contributed by atoms with E-state index in [1.807, 2.05) is 12.1 Å². The van der Waals surface area contributed by atoms with E-state index in [2.05, 4.69) is 5.32 Å². The van der Waals surface area contributed by atoms with Gasteiger partial charge in [-0.15, -0.1) is 0 Å². The van der Waals surface area contributed by atoms with Gasteiger partial charge in [-0.05, 0) is 55.5 Å². The van der Waals surface area contributed by atoms with Gasteiger partial charge in [0.15, 0.2) is 23.9 Å². The van der Waals surface area contributed by atoms with Crippen LogP contribution in [0, 0.1) is 0 Å². The minimum atomic E-state index is -0.965. The lowest BCUT2D eigenvalue weighted by Gasteiger charge is -2.30. The van der Waals surface area contributed by atoms with Crippen molar-refractivity contribution in [3.63, 3.8) is 0 Å². The van der Waals surface area contributed by atoms with E-state index in [1.54, 1.807) is 73.7 Å². The maximum atomic E-state index is 12.4. The summed E-state index contributed by atoms with van der Waals surface area (Å²) >= 11 is 0. The number of rotatable bonds is 6. The van der Waals surface area contributed by atoms with Gasteiger partial charge in [0.2, 0.25) is 6.10 Å². The number of para-hydroxylation sites is 2. The Labute approximate surface area is 184 Å². The Morgan fingerprint density at radius 3 is 2.12 bits per heavy atom. The van der Waals surface area contributed by atoms with E-state index in [0.29, 0.717) is 28.3 Å². The second kappa shape index (κ2) is 9.34. The maximum Gasteiger partial charge on any atom is 0.351 e. The van der Waals surface area contributed by atoms with Crippen molar-refractivity contribution in [2.75, 3.05) is 11.9 Å². The molecule has 1 aliphatic heterocycles. The van der Waals surface area contributed by atoms with Crippen molar-refractivity contribution >= 4 is 23.3 Å². The summed E-state index contributed by atoms with van der Waals surface area (Å²) in [4.78, 5) is 37.1. The van der Waals surface area contributed by atoms with Gasteiger partial charge in [0.1, 0.15) is 6.10 Å². The van der Waals surface area contributed by atoms with Crippen molar-refractivity contribution in [1.29, 1.82) is 0 Å². The molecular weight excluding hydrogens is 410 g/mol. The zero-order valence-electron chi connectivity index (χ0n) is 17.3. The first-order chi connectivity index (χ1) is 15.5. The average molecular weight is 431 g/mol. The van der Waals surface area contributed by atoms with Gasteiger partial charge >= 0.3 is 5.97 Å². The summed E-state index contributed by atoms with van der Waals surface area (Å²) in [6, 6.07) is 22.2. The van der Waals surface area contributed by atoms with Crippen LogP contribution in [0.3, 0.4) is 0 Å². The lowest BCUT2D eigenvalue weighted by molar-refractivity contribution is -0.156. The number of amides is 1. The fourth-order valence-corrected chi connectivity index (χ4v) is 3.21. The first-order valence-electron chi connectivity index (χ1n) is 10.1. The predicted molar refractivity (Wildman–Crippen MR) is 117 cm³/mol. The van der Waals surface area contributed by atoms with Crippen LogP contribution in [0.5, 0.6) is 11.5 Å². The summed E-state index contributed by atoms with van der Waals surface area (Å²) in [5, 5.41) is 2.76. The van der Waals surface area contributed by atoms with E-state index in [9.17, 15) is 14.4 Å². The van der Waals surface area contributed by atoms with Crippen LogP contribution in [-0.2, 0) is 9.53 Å². The molecule has 0 fully saturated rings.